The Morgan fingerprint density at radius 2 is 1.85 bits per heavy atom. The van der Waals surface area contributed by atoms with Crippen molar-refractivity contribution in [2.24, 2.45) is 0 Å². The van der Waals surface area contributed by atoms with Gasteiger partial charge in [-0.1, -0.05) is 40.6 Å². The van der Waals surface area contributed by atoms with Crippen molar-refractivity contribution in [1.29, 1.82) is 0 Å². The van der Waals surface area contributed by atoms with Gasteiger partial charge in [0.2, 0.25) is 5.01 Å². The third-order valence-electron chi connectivity index (χ3n) is 3.27. The van der Waals surface area contributed by atoms with E-state index < -0.39 is 0 Å². The van der Waals surface area contributed by atoms with Crippen LogP contribution in [0, 0.1) is 0 Å². The lowest BCUT2D eigenvalue weighted by molar-refractivity contribution is 0.102. The van der Waals surface area contributed by atoms with Crippen LogP contribution in [0.5, 0.6) is 5.75 Å². The molecule has 9 heteroatoms. The van der Waals surface area contributed by atoms with Gasteiger partial charge < -0.3 is 10.1 Å². The van der Waals surface area contributed by atoms with E-state index in [1.807, 2.05) is 0 Å². The molecule has 0 fully saturated rings. The number of anilines is 1. The number of halogens is 2. The van der Waals surface area contributed by atoms with Crippen molar-refractivity contribution in [3.05, 3.63) is 62.5 Å². The van der Waals surface area contributed by atoms with Gasteiger partial charge in [0, 0.05) is 10.6 Å². The molecule has 3 rings (SSSR count). The van der Waals surface area contributed by atoms with E-state index in [4.69, 9.17) is 27.9 Å². The van der Waals surface area contributed by atoms with Crippen LogP contribution in [0.3, 0.4) is 0 Å². The predicted octanol–water partition coefficient (Wildman–Crippen LogP) is 5.40. The van der Waals surface area contributed by atoms with Crippen LogP contribution >= 0.6 is 46.3 Å². The molecular formula is C17H13Cl2N3O2S2. The normalized spacial score (nSPS) is 10.6. The molecule has 0 aliphatic rings. The Kier molecular flexibility index (Phi) is 6.37. The molecule has 0 spiro atoms. The molecule has 1 N–H and O–H groups in total. The van der Waals surface area contributed by atoms with Gasteiger partial charge in [-0.2, -0.15) is 0 Å². The predicted molar refractivity (Wildman–Crippen MR) is 107 cm³/mol. The molecule has 26 heavy (non-hydrogen) atoms. The third-order valence-corrected chi connectivity index (χ3v) is 6.37. The second-order valence-corrected chi connectivity index (χ2v) is 7.89. The molecule has 5 nitrogen and oxygen atoms in total. The van der Waals surface area contributed by atoms with Gasteiger partial charge in [-0.15, -0.1) is 22.0 Å². The highest BCUT2D eigenvalue weighted by molar-refractivity contribution is 7.98. The molecule has 0 unspecified atom stereocenters. The lowest BCUT2D eigenvalue weighted by atomic mass is 10.3. The standard InChI is InChI=1S/C17H13Cl2N3O2S2/c1-24-11-7-5-10(6-8-11)20-16(23)17-22-21-14(26-17)9-25-15-12(18)3-2-4-13(15)19/h2-8H,9H2,1H3,(H,20,23). The number of amides is 1. The highest BCUT2D eigenvalue weighted by Crippen LogP contribution is 2.36. The quantitative estimate of drug-likeness (QED) is 0.535. The summed E-state index contributed by atoms with van der Waals surface area (Å²) >= 11 is 15.0. The molecule has 1 heterocycles. The first kappa shape index (κ1) is 19.0. The van der Waals surface area contributed by atoms with Gasteiger partial charge in [0.1, 0.15) is 10.8 Å². The highest BCUT2D eigenvalue weighted by Gasteiger charge is 2.14. The topological polar surface area (TPSA) is 64.1 Å². The fourth-order valence-electron chi connectivity index (χ4n) is 2.02. The second kappa shape index (κ2) is 8.73. The summed E-state index contributed by atoms with van der Waals surface area (Å²) < 4.78 is 5.09. The Bertz CT molecular complexity index is 896. The summed E-state index contributed by atoms with van der Waals surface area (Å²) in [5.41, 5.74) is 0.657. The number of hydrogen-bond donors (Lipinski definition) is 1. The summed E-state index contributed by atoms with van der Waals surface area (Å²) in [5, 5.41) is 13.0. The van der Waals surface area contributed by atoms with Crippen LogP contribution in [0.4, 0.5) is 5.69 Å². The summed E-state index contributed by atoms with van der Waals surface area (Å²) in [6, 6.07) is 12.4. The van der Waals surface area contributed by atoms with Gasteiger partial charge in [0.25, 0.3) is 5.91 Å². The average Bonchev–Trinajstić information content (AvgIpc) is 3.11. The van der Waals surface area contributed by atoms with E-state index >= 15 is 0 Å². The van der Waals surface area contributed by atoms with E-state index in [-0.39, 0.29) is 5.91 Å². The molecule has 0 aliphatic heterocycles. The van der Waals surface area contributed by atoms with Crippen molar-refractivity contribution in [2.45, 2.75) is 10.6 Å². The lowest BCUT2D eigenvalue weighted by Gasteiger charge is -2.04. The average molecular weight is 426 g/mol. The zero-order valence-electron chi connectivity index (χ0n) is 13.5. The molecule has 0 aliphatic carbocycles. The fraction of sp³-hybridized carbons (Fsp3) is 0.118. The number of methoxy groups -OCH3 is 1. The maximum atomic E-state index is 12.3. The number of rotatable bonds is 6. The van der Waals surface area contributed by atoms with Crippen molar-refractivity contribution >= 4 is 57.9 Å². The Balaban J connectivity index is 1.62. The van der Waals surface area contributed by atoms with Crippen LogP contribution < -0.4 is 10.1 Å². The Morgan fingerprint density at radius 3 is 2.50 bits per heavy atom. The van der Waals surface area contributed by atoms with Gasteiger partial charge in [0.15, 0.2) is 0 Å². The molecule has 0 atom stereocenters. The largest absolute Gasteiger partial charge is 0.497 e. The third kappa shape index (κ3) is 4.67. The van der Waals surface area contributed by atoms with Crippen molar-refractivity contribution in [3.8, 4) is 5.75 Å². The Hall–Kier alpha value is -1.80. The number of hydrogen-bond acceptors (Lipinski definition) is 6. The van der Waals surface area contributed by atoms with Gasteiger partial charge in [-0.3, -0.25) is 4.79 Å². The minimum Gasteiger partial charge on any atom is -0.497 e. The van der Waals surface area contributed by atoms with Crippen molar-refractivity contribution in [3.63, 3.8) is 0 Å². The van der Waals surface area contributed by atoms with Gasteiger partial charge in [-0.25, -0.2) is 0 Å². The summed E-state index contributed by atoms with van der Waals surface area (Å²) in [4.78, 5) is 13.1. The summed E-state index contributed by atoms with van der Waals surface area (Å²) in [7, 11) is 1.59. The molecule has 134 valence electrons. The Morgan fingerprint density at radius 1 is 1.15 bits per heavy atom. The number of carbonyl (C=O) groups is 1. The first-order valence-electron chi connectivity index (χ1n) is 7.41. The van der Waals surface area contributed by atoms with Crippen molar-refractivity contribution in [1.82, 2.24) is 10.2 Å². The number of nitrogens with one attached hydrogen (secondary N) is 1. The van der Waals surface area contributed by atoms with Crippen LogP contribution in [0.2, 0.25) is 10.0 Å². The smallest absolute Gasteiger partial charge is 0.286 e. The van der Waals surface area contributed by atoms with Crippen LogP contribution in [0.15, 0.2) is 47.4 Å². The van der Waals surface area contributed by atoms with E-state index in [9.17, 15) is 4.79 Å². The number of carbonyl (C=O) groups excluding carboxylic acids is 1. The van der Waals surface area contributed by atoms with Crippen molar-refractivity contribution < 1.29 is 9.53 Å². The maximum absolute atomic E-state index is 12.3. The SMILES string of the molecule is COc1ccc(NC(=O)c2nnc(CSc3c(Cl)cccc3Cl)s2)cc1. The van der Waals surface area contributed by atoms with E-state index in [0.717, 1.165) is 10.6 Å². The van der Waals surface area contributed by atoms with Crippen LogP contribution in [0.1, 0.15) is 14.8 Å². The number of benzene rings is 2. The van der Waals surface area contributed by atoms with Crippen LogP contribution in [-0.2, 0) is 5.75 Å². The lowest BCUT2D eigenvalue weighted by Crippen LogP contribution is -2.11. The van der Waals surface area contributed by atoms with E-state index in [2.05, 4.69) is 15.5 Å². The summed E-state index contributed by atoms with van der Waals surface area (Å²) in [6.45, 7) is 0. The molecule has 0 bridgehead atoms. The van der Waals surface area contributed by atoms with E-state index in [0.29, 0.717) is 31.5 Å². The molecule has 0 saturated carbocycles. The van der Waals surface area contributed by atoms with E-state index in [1.54, 1.807) is 49.6 Å². The number of nitrogens with zero attached hydrogens (tertiary/aromatic N) is 2. The first-order valence-corrected chi connectivity index (χ1v) is 9.97. The van der Waals surface area contributed by atoms with Gasteiger partial charge in [0.05, 0.1) is 22.9 Å². The molecule has 1 amide bonds. The molecule has 0 radical (unpaired) electrons. The van der Waals surface area contributed by atoms with Crippen molar-refractivity contribution in [2.75, 3.05) is 12.4 Å². The number of aromatic nitrogens is 2. The summed E-state index contributed by atoms with van der Waals surface area (Å²) in [6.07, 6.45) is 0. The van der Waals surface area contributed by atoms with Crippen LogP contribution in [0.25, 0.3) is 0 Å². The fourth-order valence-corrected chi connectivity index (χ4v) is 4.42. The van der Waals surface area contributed by atoms with Crippen LogP contribution in [-0.4, -0.2) is 23.2 Å². The minimum absolute atomic E-state index is 0.293. The Labute approximate surface area is 168 Å². The molecule has 0 saturated heterocycles. The van der Waals surface area contributed by atoms with Gasteiger partial charge in [-0.05, 0) is 36.4 Å². The zero-order valence-corrected chi connectivity index (χ0v) is 16.7. The molecule has 2 aromatic carbocycles. The zero-order chi connectivity index (χ0) is 18.5. The molecule has 1 aromatic heterocycles. The number of ether oxygens (including phenoxy) is 1. The monoisotopic (exact) mass is 425 g/mol. The number of thioether (sulfide) groups is 1. The maximum Gasteiger partial charge on any atom is 0.286 e. The second-order valence-electron chi connectivity index (χ2n) is 5.02. The summed E-state index contributed by atoms with van der Waals surface area (Å²) in [5.74, 6) is 0.938. The minimum atomic E-state index is -0.306. The highest BCUT2D eigenvalue weighted by atomic mass is 35.5. The first-order chi connectivity index (χ1) is 12.6. The van der Waals surface area contributed by atoms with Gasteiger partial charge >= 0.3 is 0 Å². The molecular weight excluding hydrogens is 413 g/mol. The molecule has 3 aromatic rings. The van der Waals surface area contributed by atoms with E-state index in [1.165, 1.54) is 23.1 Å².